The molecule has 2 heterocycles. The molecular formula is C5H10N2O. The summed E-state index contributed by atoms with van der Waals surface area (Å²) >= 11 is 0. The SMILES string of the molecule is C1CC2CNCN2O1. The highest BCUT2D eigenvalue weighted by molar-refractivity contribution is 4.77. The Balaban J connectivity index is 2.04. The average Bonchev–Trinajstić information content (AvgIpc) is 2.15. The van der Waals surface area contributed by atoms with Gasteiger partial charge in [-0.3, -0.25) is 4.84 Å². The predicted octanol–water partition coefficient (Wildman–Crippen LogP) is -0.447. The second kappa shape index (κ2) is 1.69. The Kier molecular flexibility index (Phi) is 0.997. The lowest BCUT2D eigenvalue weighted by Gasteiger charge is -2.08. The van der Waals surface area contributed by atoms with E-state index in [4.69, 9.17) is 4.84 Å². The summed E-state index contributed by atoms with van der Waals surface area (Å²) in [5.74, 6) is 0. The average molecular weight is 114 g/mol. The fourth-order valence-corrected chi connectivity index (χ4v) is 1.28. The van der Waals surface area contributed by atoms with Crippen molar-refractivity contribution in [3.05, 3.63) is 0 Å². The summed E-state index contributed by atoms with van der Waals surface area (Å²) < 4.78 is 0. The van der Waals surface area contributed by atoms with Crippen molar-refractivity contribution in [2.24, 2.45) is 0 Å². The van der Waals surface area contributed by atoms with E-state index in [1.165, 1.54) is 6.42 Å². The van der Waals surface area contributed by atoms with Crippen LogP contribution < -0.4 is 5.32 Å². The Morgan fingerprint density at radius 1 is 1.62 bits per heavy atom. The molecule has 0 aromatic rings. The third kappa shape index (κ3) is 0.555. The van der Waals surface area contributed by atoms with E-state index in [0.717, 1.165) is 19.8 Å². The van der Waals surface area contributed by atoms with Crippen LogP contribution in [0.25, 0.3) is 0 Å². The Morgan fingerprint density at radius 3 is 3.50 bits per heavy atom. The molecule has 3 nitrogen and oxygen atoms in total. The number of hydrogen-bond acceptors (Lipinski definition) is 3. The van der Waals surface area contributed by atoms with E-state index in [1.807, 2.05) is 5.06 Å². The minimum atomic E-state index is 0.676. The van der Waals surface area contributed by atoms with E-state index in [2.05, 4.69) is 5.32 Å². The monoisotopic (exact) mass is 114 g/mol. The van der Waals surface area contributed by atoms with Crippen molar-refractivity contribution < 1.29 is 4.84 Å². The molecule has 46 valence electrons. The molecular weight excluding hydrogens is 104 g/mol. The van der Waals surface area contributed by atoms with E-state index in [1.54, 1.807) is 0 Å². The summed E-state index contributed by atoms with van der Waals surface area (Å²) in [6.45, 7) is 2.96. The highest BCUT2D eigenvalue weighted by Gasteiger charge is 2.29. The van der Waals surface area contributed by atoms with Gasteiger partial charge in [-0.2, -0.15) is 5.06 Å². The van der Waals surface area contributed by atoms with Crippen LogP contribution in [0.2, 0.25) is 0 Å². The first-order valence-electron chi connectivity index (χ1n) is 3.07. The first-order valence-corrected chi connectivity index (χ1v) is 3.07. The number of nitrogens with one attached hydrogen (secondary N) is 1. The van der Waals surface area contributed by atoms with Gasteiger partial charge >= 0.3 is 0 Å². The van der Waals surface area contributed by atoms with Gasteiger partial charge in [0.2, 0.25) is 0 Å². The third-order valence-electron chi connectivity index (χ3n) is 1.76. The highest BCUT2D eigenvalue weighted by Crippen LogP contribution is 2.15. The van der Waals surface area contributed by atoms with Crippen LogP contribution in [0.15, 0.2) is 0 Å². The van der Waals surface area contributed by atoms with Gasteiger partial charge in [-0.1, -0.05) is 0 Å². The molecule has 1 atom stereocenters. The largest absolute Gasteiger partial charge is 0.301 e. The highest BCUT2D eigenvalue weighted by atomic mass is 16.7. The third-order valence-corrected chi connectivity index (χ3v) is 1.76. The van der Waals surface area contributed by atoms with Gasteiger partial charge in [0.1, 0.15) is 0 Å². The van der Waals surface area contributed by atoms with E-state index in [0.29, 0.717) is 6.04 Å². The first-order chi connectivity index (χ1) is 3.97. The molecule has 0 saturated carbocycles. The lowest BCUT2D eigenvalue weighted by molar-refractivity contribution is -0.114. The van der Waals surface area contributed by atoms with Crippen LogP contribution in [-0.2, 0) is 4.84 Å². The summed E-state index contributed by atoms with van der Waals surface area (Å²) in [5, 5.41) is 5.25. The molecule has 0 aromatic heterocycles. The maximum Gasteiger partial charge on any atom is 0.0736 e. The molecule has 2 aliphatic heterocycles. The number of rotatable bonds is 0. The fourth-order valence-electron chi connectivity index (χ4n) is 1.28. The number of nitrogens with zero attached hydrogens (tertiary/aromatic N) is 1. The molecule has 2 aliphatic rings. The molecule has 2 saturated heterocycles. The van der Waals surface area contributed by atoms with Crippen LogP contribution in [0.5, 0.6) is 0 Å². The maximum atomic E-state index is 5.25. The summed E-state index contributed by atoms with van der Waals surface area (Å²) in [6, 6.07) is 0.676. The van der Waals surface area contributed by atoms with E-state index in [9.17, 15) is 0 Å². The molecule has 3 heteroatoms. The second-order valence-corrected chi connectivity index (χ2v) is 2.31. The van der Waals surface area contributed by atoms with E-state index < -0.39 is 0 Å². The molecule has 0 spiro atoms. The van der Waals surface area contributed by atoms with E-state index in [-0.39, 0.29) is 0 Å². The topological polar surface area (TPSA) is 24.5 Å². The first kappa shape index (κ1) is 4.73. The minimum absolute atomic E-state index is 0.676. The van der Waals surface area contributed by atoms with Crippen molar-refractivity contribution in [2.45, 2.75) is 12.5 Å². The Morgan fingerprint density at radius 2 is 2.62 bits per heavy atom. The standard InChI is InChI=1S/C5H10N2O/c1-2-8-7-4-6-3-5(1)7/h5-6H,1-4H2. The summed E-state index contributed by atoms with van der Waals surface area (Å²) in [6.07, 6.45) is 1.20. The van der Waals surface area contributed by atoms with Gasteiger partial charge in [0.05, 0.1) is 19.3 Å². The molecule has 1 unspecified atom stereocenters. The van der Waals surface area contributed by atoms with Crippen LogP contribution >= 0.6 is 0 Å². The minimum Gasteiger partial charge on any atom is -0.301 e. The maximum absolute atomic E-state index is 5.25. The second-order valence-electron chi connectivity index (χ2n) is 2.31. The van der Waals surface area contributed by atoms with Crippen LogP contribution in [0, 0.1) is 0 Å². The fraction of sp³-hybridized carbons (Fsp3) is 1.00. The van der Waals surface area contributed by atoms with Crippen LogP contribution in [0.4, 0.5) is 0 Å². The normalized spacial score (nSPS) is 38.2. The molecule has 0 bridgehead atoms. The van der Waals surface area contributed by atoms with Gasteiger partial charge in [-0.15, -0.1) is 0 Å². The Hall–Kier alpha value is -0.120. The van der Waals surface area contributed by atoms with Crippen LogP contribution in [0.1, 0.15) is 6.42 Å². The number of hydrogen-bond donors (Lipinski definition) is 1. The smallest absolute Gasteiger partial charge is 0.0736 e. The van der Waals surface area contributed by atoms with Crippen LogP contribution in [0.3, 0.4) is 0 Å². The predicted molar refractivity (Wildman–Crippen MR) is 29.1 cm³/mol. The van der Waals surface area contributed by atoms with Gasteiger partial charge in [0.15, 0.2) is 0 Å². The summed E-state index contributed by atoms with van der Waals surface area (Å²) in [7, 11) is 0. The lowest BCUT2D eigenvalue weighted by atomic mass is 10.2. The van der Waals surface area contributed by atoms with Crippen molar-refractivity contribution in [2.75, 3.05) is 19.8 Å². The Labute approximate surface area is 48.6 Å². The van der Waals surface area contributed by atoms with Gasteiger partial charge in [-0.25, -0.2) is 0 Å². The summed E-state index contributed by atoms with van der Waals surface area (Å²) in [4.78, 5) is 5.25. The summed E-state index contributed by atoms with van der Waals surface area (Å²) in [5.41, 5.74) is 0. The molecule has 0 aromatic carbocycles. The lowest BCUT2D eigenvalue weighted by Crippen LogP contribution is -2.22. The van der Waals surface area contributed by atoms with E-state index >= 15 is 0 Å². The Bertz CT molecular complexity index is 76.4. The molecule has 1 N–H and O–H groups in total. The molecule has 2 fully saturated rings. The number of hydroxylamine groups is 2. The molecule has 0 aliphatic carbocycles. The van der Waals surface area contributed by atoms with Crippen molar-refractivity contribution in [1.29, 1.82) is 0 Å². The zero-order valence-corrected chi connectivity index (χ0v) is 4.76. The van der Waals surface area contributed by atoms with Crippen LogP contribution in [-0.4, -0.2) is 30.9 Å². The zero-order valence-electron chi connectivity index (χ0n) is 4.76. The molecule has 0 amide bonds. The van der Waals surface area contributed by atoms with Crippen molar-refractivity contribution in [3.63, 3.8) is 0 Å². The quantitative estimate of drug-likeness (QED) is 0.461. The van der Waals surface area contributed by atoms with Crippen molar-refractivity contribution in [3.8, 4) is 0 Å². The molecule has 2 rings (SSSR count). The van der Waals surface area contributed by atoms with Gasteiger partial charge < -0.3 is 5.32 Å². The molecule has 8 heavy (non-hydrogen) atoms. The number of fused-ring (bicyclic) bond motifs is 1. The zero-order chi connectivity index (χ0) is 5.40. The van der Waals surface area contributed by atoms with Gasteiger partial charge in [0.25, 0.3) is 0 Å². The van der Waals surface area contributed by atoms with Crippen molar-refractivity contribution in [1.82, 2.24) is 10.4 Å². The van der Waals surface area contributed by atoms with Gasteiger partial charge in [-0.05, 0) is 6.42 Å². The molecule has 0 radical (unpaired) electrons. The van der Waals surface area contributed by atoms with Gasteiger partial charge in [0, 0.05) is 6.54 Å². The van der Waals surface area contributed by atoms with Crippen molar-refractivity contribution >= 4 is 0 Å².